The van der Waals surface area contributed by atoms with Gasteiger partial charge in [0.05, 0.1) is 0 Å². The standard InChI is InChI=1S/C9H10N6O/c1-2-3-6-9(16)15-8(13-12-6)5(4-10)7(11)14-15/h14H,2-3,11H2,1H3. The molecule has 2 aromatic heterocycles. The van der Waals surface area contributed by atoms with Crippen molar-refractivity contribution >= 4 is 11.5 Å². The van der Waals surface area contributed by atoms with Crippen LogP contribution in [-0.4, -0.2) is 19.8 Å². The largest absolute Gasteiger partial charge is 0.383 e. The third-order valence-corrected chi connectivity index (χ3v) is 2.25. The number of rotatable bonds is 2. The van der Waals surface area contributed by atoms with Crippen LogP contribution in [0.3, 0.4) is 0 Å². The Balaban J connectivity index is 2.78. The maximum absolute atomic E-state index is 11.9. The van der Waals surface area contributed by atoms with E-state index in [0.29, 0.717) is 12.1 Å². The number of aryl methyl sites for hydroxylation is 1. The summed E-state index contributed by atoms with van der Waals surface area (Å²) in [7, 11) is 0. The molecule has 2 aromatic rings. The van der Waals surface area contributed by atoms with Gasteiger partial charge in [0.25, 0.3) is 5.56 Å². The first-order chi connectivity index (χ1) is 7.69. The summed E-state index contributed by atoms with van der Waals surface area (Å²) in [5, 5.41) is 19.1. The topological polar surface area (TPSA) is 113 Å². The van der Waals surface area contributed by atoms with Gasteiger partial charge in [0, 0.05) is 0 Å². The first-order valence-electron chi connectivity index (χ1n) is 4.85. The Morgan fingerprint density at radius 2 is 2.31 bits per heavy atom. The van der Waals surface area contributed by atoms with E-state index in [-0.39, 0.29) is 22.6 Å². The van der Waals surface area contributed by atoms with Gasteiger partial charge in [-0.2, -0.15) is 9.78 Å². The molecule has 0 amide bonds. The second-order valence-electron chi connectivity index (χ2n) is 3.37. The molecule has 0 radical (unpaired) electrons. The van der Waals surface area contributed by atoms with Crippen molar-refractivity contribution in [1.82, 2.24) is 19.8 Å². The predicted octanol–water partition coefficient (Wildman–Crippen LogP) is -0.176. The number of nitrogen functional groups attached to an aromatic ring is 1. The number of H-pyrrole nitrogens is 1. The van der Waals surface area contributed by atoms with Crippen LogP contribution in [0.5, 0.6) is 0 Å². The van der Waals surface area contributed by atoms with E-state index in [4.69, 9.17) is 11.0 Å². The number of hydrogen-bond donors (Lipinski definition) is 2. The predicted molar refractivity (Wildman–Crippen MR) is 56.7 cm³/mol. The van der Waals surface area contributed by atoms with E-state index in [1.54, 1.807) is 0 Å². The summed E-state index contributed by atoms with van der Waals surface area (Å²) in [4.78, 5) is 11.9. The van der Waals surface area contributed by atoms with Crippen molar-refractivity contribution in [2.75, 3.05) is 5.73 Å². The molecule has 0 spiro atoms. The van der Waals surface area contributed by atoms with Crippen molar-refractivity contribution in [3.8, 4) is 6.07 Å². The van der Waals surface area contributed by atoms with Crippen molar-refractivity contribution in [2.24, 2.45) is 0 Å². The molecule has 2 rings (SSSR count). The molecule has 0 aliphatic carbocycles. The quantitative estimate of drug-likeness (QED) is 0.726. The summed E-state index contributed by atoms with van der Waals surface area (Å²) >= 11 is 0. The van der Waals surface area contributed by atoms with Crippen LogP contribution in [0.2, 0.25) is 0 Å². The fourth-order valence-corrected chi connectivity index (χ4v) is 1.49. The van der Waals surface area contributed by atoms with Gasteiger partial charge in [-0.1, -0.05) is 13.3 Å². The van der Waals surface area contributed by atoms with Crippen LogP contribution in [-0.2, 0) is 6.42 Å². The van der Waals surface area contributed by atoms with Crippen LogP contribution in [0, 0.1) is 11.3 Å². The number of nitriles is 1. The van der Waals surface area contributed by atoms with Crippen LogP contribution >= 0.6 is 0 Å². The monoisotopic (exact) mass is 218 g/mol. The maximum Gasteiger partial charge on any atom is 0.294 e. The zero-order valence-electron chi connectivity index (χ0n) is 8.69. The van der Waals surface area contributed by atoms with Gasteiger partial charge in [0.1, 0.15) is 23.1 Å². The summed E-state index contributed by atoms with van der Waals surface area (Å²) in [5.74, 6) is 0.127. The molecule has 82 valence electrons. The van der Waals surface area contributed by atoms with Crippen LogP contribution in [0.25, 0.3) is 5.65 Å². The van der Waals surface area contributed by atoms with Gasteiger partial charge in [0.2, 0.25) is 0 Å². The lowest BCUT2D eigenvalue weighted by atomic mass is 10.3. The number of aromatic nitrogens is 4. The molecule has 16 heavy (non-hydrogen) atoms. The van der Waals surface area contributed by atoms with E-state index in [2.05, 4.69) is 15.3 Å². The fraction of sp³-hybridized carbons (Fsp3) is 0.333. The number of aromatic amines is 1. The van der Waals surface area contributed by atoms with Gasteiger partial charge >= 0.3 is 0 Å². The van der Waals surface area contributed by atoms with Crippen LogP contribution in [0.1, 0.15) is 24.6 Å². The minimum absolute atomic E-state index is 0.127. The van der Waals surface area contributed by atoms with E-state index >= 15 is 0 Å². The summed E-state index contributed by atoms with van der Waals surface area (Å²) in [5.41, 5.74) is 5.93. The summed E-state index contributed by atoms with van der Waals surface area (Å²) in [6.07, 6.45) is 1.35. The highest BCUT2D eigenvalue weighted by Crippen LogP contribution is 2.11. The van der Waals surface area contributed by atoms with Crippen molar-refractivity contribution in [3.63, 3.8) is 0 Å². The minimum atomic E-state index is -0.306. The van der Waals surface area contributed by atoms with Crippen molar-refractivity contribution < 1.29 is 0 Å². The maximum atomic E-state index is 11.9. The lowest BCUT2D eigenvalue weighted by Gasteiger charge is -1.96. The average Bonchev–Trinajstić information content (AvgIpc) is 2.59. The summed E-state index contributed by atoms with van der Waals surface area (Å²) in [6, 6.07) is 1.88. The van der Waals surface area contributed by atoms with Gasteiger partial charge in [-0.3, -0.25) is 9.89 Å². The van der Waals surface area contributed by atoms with Crippen molar-refractivity contribution in [1.29, 1.82) is 5.26 Å². The highest BCUT2D eigenvalue weighted by atomic mass is 16.1. The Morgan fingerprint density at radius 1 is 1.56 bits per heavy atom. The molecule has 0 fully saturated rings. The molecular weight excluding hydrogens is 208 g/mol. The third-order valence-electron chi connectivity index (χ3n) is 2.25. The molecule has 7 heteroatoms. The number of anilines is 1. The Kier molecular flexibility index (Phi) is 2.32. The molecule has 2 heterocycles. The number of fused-ring (bicyclic) bond motifs is 1. The van der Waals surface area contributed by atoms with Gasteiger partial charge in [-0.25, -0.2) is 0 Å². The number of nitrogens with one attached hydrogen (secondary N) is 1. The molecule has 0 aliphatic rings. The van der Waals surface area contributed by atoms with Crippen molar-refractivity contribution in [2.45, 2.75) is 19.8 Å². The van der Waals surface area contributed by atoms with Crippen molar-refractivity contribution in [3.05, 3.63) is 21.6 Å². The van der Waals surface area contributed by atoms with Crippen LogP contribution < -0.4 is 11.3 Å². The SMILES string of the molecule is CCCc1nnc2c(C#N)c(N)[nH]n2c1=O. The molecule has 0 saturated carbocycles. The van der Waals surface area contributed by atoms with Gasteiger partial charge < -0.3 is 5.73 Å². The Bertz CT molecular complexity index is 632. The first kappa shape index (κ1) is 10.2. The molecule has 0 bridgehead atoms. The molecule has 0 aromatic carbocycles. The molecular formula is C9H10N6O. The normalized spacial score (nSPS) is 10.5. The van der Waals surface area contributed by atoms with E-state index < -0.39 is 0 Å². The number of nitrogens with two attached hydrogens (primary N) is 1. The highest BCUT2D eigenvalue weighted by Gasteiger charge is 2.14. The van der Waals surface area contributed by atoms with Crippen LogP contribution in [0.4, 0.5) is 5.82 Å². The summed E-state index contributed by atoms with van der Waals surface area (Å²) < 4.78 is 1.16. The molecule has 0 unspecified atom stereocenters. The number of nitrogens with zero attached hydrogens (tertiary/aromatic N) is 4. The van der Waals surface area contributed by atoms with Gasteiger partial charge in [-0.05, 0) is 6.42 Å². The highest BCUT2D eigenvalue weighted by molar-refractivity contribution is 5.65. The first-order valence-corrected chi connectivity index (χ1v) is 4.85. The minimum Gasteiger partial charge on any atom is -0.383 e. The van der Waals surface area contributed by atoms with E-state index in [1.165, 1.54) is 0 Å². The molecule has 0 saturated heterocycles. The Morgan fingerprint density at radius 3 is 2.94 bits per heavy atom. The van der Waals surface area contributed by atoms with Gasteiger partial charge in [-0.15, -0.1) is 10.2 Å². The smallest absolute Gasteiger partial charge is 0.294 e. The average molecular weight is 218 g/mol. The molecule has 0 aliphatic heterocycles. The second kappa shape index (κ2) is 3.66. The summed E-state index contributed by atoms with van der Waals surface area (Å²) in [6.45, 7) is 1.94. The lowest BCUT2D eigenvalue weighted by Crippen LogP contribution is -2.22. The van der Waals surface area contributed by atoms with Crippen LogP contribution in [0.15, 0.2) is 4.79 Å². The van der Waals surface area contributed by atoms with E-state index in [9.17, 15) is 4.79 Å². The Hall–Kier alpha value is -2.36. The Labute approximate surface area is 90.5 Å². The number of hydrogen-bond acceptors (Lipinski definition) is 5. The van der Waals surface area contributed by atoms with E-state index in [0.717, 1.165) is 10.9 Å². The fourth-order valence-electron chi connectivity index (χ4n) is 1.49. The third kappa shape index (κ3) is 1.32. The zero-order chi connectivity index (χ0) is 11.7. The zero-order valence-corrected chi connectivity index (χ0v) is 8.69. The van der Waals surface area contributed by atoms with E-state index in [1.807, 2.05) is 13.0 Å². The lowest BCUT2D eigenvalue weighted by molar-refractivity contribution is 0.767. The van der Waals surface area contributed by atoms with Gasteiger partial charge in [0.15, 0.2) is 5.65 Å². The second-order valence-corrected chi connectivity index (χ2v) is 3.37. The molecule has 7 nitrogen and oxygen atoms in total. The molecule has 3 N–H and O–H groups in total. The molecule has 0 atom stereocenters.